The van der Waals surface area contributed by atoms with E-state index in [-0.39, 0.29) is 23.8 Å². The van der Waals surface area contributed by atoms with E-state index in [0.29, 0.717) is 17.9 Å². The molecule has 1 atom stereocenters. The smallest absolute Gasteiger partial charge is 0.255 e. The molecule has 0 saturated heterocycles. The summed E-state index contributed by atoms with van der Waals surface area (Å²) in [5.74, 6) is -0.524. The van der Waals surface area contributed by atoms with Crippen molar-refractivity contribution in [1.82, 2.24) is 5.32 Å². The molecule has 0 heterocycles. The molecule has 0 radical (unpaired) electrons. The van der Waals surface area contributed by atoms with E-state index in [1.54, 1.807) is 6.07 Å². The van der Waals surface area contributed by atoms with E-state index in [0.717, 1.165) is 0 Å². The normalized spacial score (nSPS) is 14.0. The van der Waals surface area contributed by atoms with Crippen LogP contribution in [-0.2, 0) is 0 Å². The summed E-state index contributed by atoms with van der Waals surface area (Å²) < 4.78 is 0. The maximum atomic E-state index is 12.0. The Morgan fingerprint density at radius 3 is 2.67 bits per heavy atom. The fourth-order valence-electron chi connectivity index (χ4n) is 1.61. The molecular weight excluding hydrogens is 254 g/mol. The number of aliphatic hydroxyl groups is 1. The topological polar surface area (TPSA) is 69.6 Å². The molecule has 0 aliphatic rings. The molecule has 1 aromatic carbocycles. The number of phenolic OH excluding ortho intramolecular Hbond substituents is 1. The molecule has 0 bridgehead atoms. The van der Waals surface area contributed by atoms with Crippen LogP contribution in [0.25, 0.3) is 0 Å². The van der Waals surface area contributed by atoms with Crippen molar-refractivity contribution in [2.75, 3.05) is 6.61 Å². The van der Waals surface area contributed by atoms with Gasteiger partial charge in [-0.2, -0.15) is 0 Å². The Morgan fingerprint density at radius 1 is 1.50 bits per heavy atom. The number of carbonyl (C=O) groups is 1. The fourth-order valence-corrected chi connectivity index (χ4v) is 1.78. The van der Waals surface area contributed by atoms with Crippen LogP contribution in [0.4, 0.5) is 0 Å². The Labute approximate surface area is 112 Å². The van der Waals surface area contributed by atoms with E-state index in [9.17, 15) is 9.90 Å². The van der Waals surface area contributed by atoms with Gasteiger partial charge in [0.15, 0.2) is 0 Å². The van der Waals surface area contributed by atoms with Crippen molar-refractivity contribution in [3.63, 3.8) is 0 Å². The molecule has 4 nitrogen and oxygen atoms in total. The van der Waals surface area contributed by atoms with Crippen LogP contribution in [0.3, 0.4) is 0 Å². The quantitative estimate of drug-likeness (QED) is 0.770. The van der Waals surface area contributed by atoms with E-state index < -0.39 is 5.54 Å². The summed E-state index contributed by atoms with van der Waals surface area (Å²) in [5.41, 5.74) is -0.310. The predicted octanol–water partition coefficient (Wildman–Crippen LogP) is 2.33. The van der Waals surface area contributed by atoms with Crippen molar-refractivity contribution in [2.45, 2.75) is 32.2 Å². The minimum absolute atomic E-state index is 0.00276. The molecule has 100 valence electrons. The van der Waals surface area contributed by atoms with Gasteiger partial charge in [0.2, 0.25) is 0 Å². The van der Waals surface area contributed by atoms with Gasteiger partial charge in [-0.15, -0.1) is 0 Å². The van der Waals surface area contributed by atoms with Gasteiger partial charge in [0.05, 0.1) is 5.56 Å². The number of carbonyl (C=O) groups excluding carboxylic acids is 1. The number of hydrogen-bond acceptors (Lipinski definition) is 3. The summed E-state index contributed by atoms with van der Waals surface area (Å²) in [6, 6.07) is 4.35. The number of aromatic hydroxyl groups is 1. The Kier molecular flexibility index (Phi) is 4.99. The lowest BCUT2D eigenvalue weighted by molar-refractivity contribution is 0.0883. The van der Waals surface area contributed by atoms with Crippen molar-refractivity contribution >= 4 is 17.5 Å². The van der Waals surface area contributed by atoms with E-state index in [1.165, 1.54) is 12.1 Å². The third kappa shape index (κ3) is 3.62. The highest BCUT2D eigenvalue weighted by molar-refractivity contribution is 6.30. The highest BCUT2D eigenvalue weighted by Crippen LogP contribution is 2.23. The number of halogens is 1. The van der Waals surface area contributed by atoms with Crippen LogP contribution < -0.4 is 5.32 Å². The van der Waals surface area contributed by atoms with Crippen LogP contribution in [0, 0.1) is 0 Å². The van der Waals surface area contributed by atoms with Crippen LogP contribution >= 0.6 is 11.6 Å². The lowest BCUT2D eigenvalue weighted by Crippen LogP contribution is -2.46. The minimum atomic E-state index is -0.488. The van der Waals surface area contributed by atoms with Crippen molar-refractivity contribution < 1.29 is 15.0 Å². The van der Waals surface area contributed by atoms with Crippen molar-refractivity contribution in [3.8, 4) is 5.75 Å². The summed E-state index contributed by atoms with van der Waals surface area (Å²) in [6.07, 6.45) is 1.15. The highest BCUT2D eigenvalue weighted by atomic mass is 35.5. The Balaban J connectivity index is 2.87. The van der Waals surface area contributed by atoms with Gasteiger partial charge in [-0.25, -0.2) is 0 Å². The van der Waals surface area contributed by atoms with Crippen LogP contribution in [0.15, 0.2) is 18.2 Å². The maximum Gasteiger partial charge on any atom is 0.255 e. The van der Waals surface area contributed by atoms with Gasteiger partial charge in [0, 0.05) is 17.2 Å². The van der Waals surface area contributed by atoms with Crippen LogP contribution in [0.1, 0.15) is 37.0 Å². The lowest BCUT2D eigenvalue weighted by atomic mass is 9.94. The predicted molar refractivity (Wildman–Crippen MR) is 71.0 cm³/mol. The Morgan fingerprint density at radius 2 is 2.17 bits per heavy atom. The molecule has 0 aromatic heterocycles. The summed E-state index contributed by atoms with van der Waals surface area (Å²) in [7, 11) is 0. The average molecular weight is 272 g/mol. The number of rotatable bonds is 5. The molecule has 0 fully saturated rings. The molecule has 1 unspecified atom stereocenters. The minimum Gasteiger partial charge on any atom is -0.507 e. The third-order valence-corrected chi connectivity index (χ3v) is 3.30. The molecule has 0 spiro atoms. The Hall–Kier alpha value is -1.26. The van der Waals surface area contributed by atoms with Gasteiger partial charge in [-0.05, 0) is 38.0 Å². The molecule has 18 heavy (non-hydrogen) atoms. The number of aliphatic hydroxyl groups excluding tert-OH is 1. The monoisotopic (exact) mass is 271 g/mol. The second kappa shape index (κ2) is 6.07. The van der Waals surface area contributed by atoms with E-state index in [4.69, 9.17) is 16.7 Å². The van der Waals surface area contributed by atoms with Crippen molar-refractivity contribution in [2.24, 2.45) is 0 Å². The van der Waals surface area contributed by atoms with Crippen molar-refractivity contribution in [1.29, 1.82) is 0 Å². The number of phenols is 1. The summed E-state index contributed by atoms with van der Waals surface area (Å²) in [6.45, 7) is 3.78. The van der Waals surface area contributed by atoms with Gasteiger partial charge in [0.25, 0.3) is 5.91 Å². The SMILES string of the molecule is CCC(C)(CCO)NC(=O)c1ccc(Cl)cc1O. The van der Waals surface area contributed by atoms with E-state index in [2.05, 4.69) is 5.32 Å². The zero-order chi connectivity index (χ0) is 13.8. The summed E-state index contributed by atoms with van der Waals surface area (Å²) in [5, 5.41) is 21.8. The molecule has 1 aromatic rings. The first kappa shape index (κ1) is 14.8. The van der Waals surface area contributed by atoms with Gasteiger partial charge in [-0.1, -0.05) is 18.5 Å². The summed E-state index contributed by atoms with van der Waals surface area (Å²) >= 11 is 5.71. The molecule has 1 amide bonds. The van der Waals surface area contributed by atoms with Crippen LogP contribution in [0.5, 0.6) is 5.75 Å². The fraction of sp³-hybridized carbons (Fsp3) is 0.462. The van der Waals surface area contributed by atoms with Crippen LogP contribution in [0.2, 0.25) is 5.02 Å². The number of nitrogens with one attached hydrogen (secondary N) is 1. The van der Waals surface area contributed by atoms with Gasteiger partial charge < -0.3 is 15.5 Å². The van der Waals surface area contributed by atoms with Crippen molar-refractivity contribution in [3.05, 3.63) is 28.8 Å². The van der Waals surface area contributed by atoms with Gasteiger partial charge in [-0.3, -0.25) is 4.79 Å². The molecule has 0 aliphatic carbocycles. The molecule has 5 heteroatoms. The standard InChI is InChI=1S/C13H18ClNO3/c1-3-13(2,6-7-16)15-12(18)10-5-4-9(14)8-11(10)17/h4-5,8,16-17H,3,6-7H2,1-2H3,(H,15,18). The number of amides is 1. The second-order valence-electron chi connectivity index (χ2n) is 4.50. The molecule has 1 rings (SSSR count). The highest BCUT2D eigenvalue weighted by Gasteiger charge is 2.25. The van der Waals surface area contributed by atoms with Crippen LogP contribution in [-0.4, -0.2) is 28.3 Å². The summed E-state index contributed by atoms with van der Waals surface area (Å²) in [4.78, 5) is 12.0. The number of benzene rings is 1. The maximum absolute atomic E-state index is 12.0. The zero-order valence-electron chi connectivity index (χ0n) is 10.5. The van der Waals surface area contributed by atoms with Gasteiger partial charge >= 0.3 is 0 Å². The molecule has 0 aliphatic heterocycles. The zero-order valence-corrected chi connectivity index (χ0v) is 11.3. The molecule has 0 saturated carbocycles. The number of hydrogen-bond donors (Lipinski definition) is 3. The largest absolute Gasteiger partial charge is 0.507 e. The first-order valence-electron chi connectivity index (χ1n) is 5.84. The second-order valence-corrected chi connectivity index (χ2v) is 4.94. The molecule has 3 N–H and O–H groups in total. The first-order chi connectivity index (χ1) is 8.41. The molecular formula is C13H18ClNO3. The van der Waals surface area contributed by atoms with E-state index >= 15 is 0 Å². The third-order valence-electron chi connectivity index (χ3n) is 3.06. The van der Waals surface area contributed by atoms with E-state index in [1.807, 2.05) is 13.8 Å². The Bertz CT molecular complexity index is 436. The first-order valence-corrected chi connectivity index (χ1v) is 6.21. The lowest BCUT2D eigenvalue weighted by Gasteiger charge is -2.29. The van der Waals surface area contributed by atoms with Gasteiger partial charge in [0.1, 0.15) is 5.75 Å². The average Bonchev–Trinajstić information content (AvgIpc) is 2.28.